The van der Waals surface area contributed by atoms with Crippen molar-refractivity contribution in [3.8, 4) is 0 Å². The van der Waals surface area contributed by atoms with E-state index < -0.39 is 0 Å². The number of benzene rings is 1. The quantitative estimate of drug-likeness (QED) is 0.649. The lowest BCUT2D eigenvalue weighted by molar-refractivity contribution is 1.07. The zero-order valence-corrected chi connectivity index (χ0v) is 5.75. The molecule has 0 saturated carbocycles. The van der Waals surface area contributed by atoms with Crippen molar-refractivity contribution in [1.82, 2.24) is 0 Å². The molecule has 0 spiro atoms. The lowest BCUT2D eigenvalue weighted by Gasteiger charge is -1.99. The van der Waals surface area contributed by atoms with Crippen molar-refractivity contribution < 1.29 is 0 Å². The summed E-state index contributed by atoms with van der Waals surface area (Å²) in [6, 6.07) is 7.81. The summed E-state index contributed by atoms with van der Waals surface area (Å²) >= 11 is 0. The van der Waals surface area contributed by atoms with Crippen LogP contribution in [0.25, 0.3) is 6.08 Å². The summed E-state index contributed by atoms with van der Waals surface area (Å²) < 4.78 is 0. The van der Waals surface area contributed by atoms with Crippen LogP contribution in [-0.4, -0.2) is 0 Å². The van der Waals surface area contributed by atoms with E-state index in [1.54, 1.807) is 6.08 Å². The molecule has 0 atom stereocenters. The van der Waals surface area contributed by atoms with Gasteiger partial charge in [-0.2, -0.15) is 0 Å². The van der Waals surface area contributed by atoms with Crippen molar-refractivity contribution in [2.24, 2.45) is 5.73 Å². The molecule has 1 heteroatoms. The molecule has 1 aromatic carbocycles. The minimum Gasteiger partial charge on any atom is -0.326 e. The molecule has 0 aliphatic rings. The minimum atomic E-state index is 0.546. The van der Waals surface area contributed by atoms with Gasteiger partial charge in [0.15, 0.2) is 0 Å². The molecule has 0 heterocycles. The molecule has 0 aliphatic heterocycles. The highest BCUT2D eigenvalue weighted by Gasteiger charge is 1.92. The third-order valence-corrected chi connectivity index (χ3v) is 1.45. The molecule has 51 valence electrons. The van der Waals surface area contributed by atoms with E-state index in [1.807, 2.05) is 24.3 Å². The van der Waals surface area contributed by atoms with Crippen molar-refractivity contribution in [3.05, 3.63) is 42.0 Å². The fourth-order valence-electron chi connectivity index (χ4n) is 0.883. The normalized spacial score (nSPS) is 9.30. The van der Waals surface area contributed by atoms with E-state index in [4.69, 9.17) is 12.3 Å². The van der Waals surface area contributed by atoms with Gasteiger partial charge in [0.2, 0.25) is 0 Å². The van der Waals surface area contributed by atoms with Gasteiger partial charge in [0, 0.05) is 6.54 Å². The van der Waals surface area contributed by atoms with Crippen molar-refractivity contribution >= 4 is 6.08 Å². The number of hydrogen-bond donors (Lipinski definition) is 1. The maximum atomic E-state index is 5.45. The fraction of sp³-hybridized carbons (Fsp3) is 0.111. The second kappa shape index (κ2) is 3.18. The first-order valence-corrected chi connectivity index (χ1v) is 3.21. The largest absolute Gasteiger partial charge is 0.326 e. The monoisotopic (exact) mass is 132 g/mol. The molecule has 10 heavy (non-hydrogen) atoms. The van der Waals surface area contributed by atoms with Gasteiger partial charge in [-0.3, -0.25) is 0 Å². The maximum absolute atomic E-state index is 5.45. The van der Waals surface area contributed by atoms with Gasteiger partial charge in [0.1, 0.15) is 0 Å². The van der Waals surface area contributed by atoms with E-state index in [1.165, 1.54) is 0 Å². The zero-order valence-electron chi connectivity index (χ0n) is 5.75. The molecular formula is C9H10N. The zero-order chi connectivity index (χ0) is 7.40. The predicted octanol–water partition coefficient (Wildman–Crippen LogP) is 1.59. The summed E-state index contributed by atoms with van der Waals surface area (Å²) in [4.78, 5) is 0. The van der Waals surface area contributed by atoms with Crippen LogP contribution < -0.4 is 5.73 Å². The van der Waals surface area contributed by atoms with Gasteiger partial charge in [-0.15, -0.1) is 0 Å². The summed E-state index contributed by atoms with van der Waals surface area (Å²) in [5.74, 6) is 0. The molecule has 0 bridgehead atoms. The van der Waals surface area contributed by atoms with E-state index in [-0.39, 0.29) is 0 Å². The van der Waals surface area contributed by atoms with Crippen LogP contribution in [0.2, 0.25) is 0 Å². The Kier molecular flexibility index (Phi) is 2.24. The second-order valence-corrected chi connectivity index (χ2v) is 2.07. The van der Waals surface area contributed by atoms with Crippen molar-refractivity contribution in [2.45, 2.75) is 6.54 Å². The SMILES string of the molecule is [CH]=Cc1ccccc1CN. The van der Waals surface area contributed by atoms with Gasteiger partial charge >= 0.3 is 0 Å². The lowest BCUT2D eigenvalue weighted by atomic mass is 10.1. The van der Waals surface area contributed by atoms with Crippen LogP contribution >= 0.6 is 0 Å². The number of rotatable bonds is 2. The molecule has 0 aromatic heterocycles. The average Bonchev–Trinajstić information content (AvgIpc) is 2.04. The van der Waals surface area contributed by atoms with Gasteiger partial charge in [-0.25, -0.2) is 0 Å². The first-order valence-electron chi connectivity index (χ1n) is 3.21. The van der Waals surface area contributed by atoms with Crippen LogP contribution in [0, 0.1) is 6.58 Å². The maximum Gasteiger partial charge on any atom is 0.0184 e. The summed E-state index contributed by atoms with van der Waals surface area (Å²) in [6.45, 7) is 5.89. The van der Waals surface area contributed by atoms with Crippen LogP contribution in [0.3, 0.4) is 0 Å². The number of hydrogen-bond acceptors (Lipinski definition) is 1. The molecular weight excluding hydrogens is 122 g/mol. The van der Waals surface area contributed by atoms with Crippen molar-refractivity contribution in [1.29, 1.82) is 0 Å². The molecule has 0 fully saturated rings. The Balaban J connectivity index is 3.08. The first kappa shape index (κ1) is 7.03. The van der Waals surface area contributed by atoms with Crippen molar-refractivity contribution in [2.75, 3.05) is 0 Å². The van der Waals surface area contributed by atoms with E-state index in [0.29, 0.717) is 6.54 Å². The third kappa shape index (κ3) is 1.25. The molecule has 0 aliphatic carbocycles. The molecule has 0 amide bonds. The van der Waals surface area contributed by atoms with Gasteiger partial charge < -0.3 is 5.73 Å². The lowest BCUT2D eigenvalue weighted by Crippen LogP contribution is -1.97. The molecule has 1 radical (unpaired) electrons. The van der Waals surface area contributed by atoms with Crippen LogP contribution in [0.1, 0.15) is 11.1 Å². The number of nitrogens with two attached hydrogens (primary N) is 1. The highest BCUT2D eigenvalue weighted by Crippen LogP contribution is 2.07. The summed E-state index contributed by atoms with van der Waals surface area (Å²) in [7, 11) is 0. The summed E-state index contributed by atoms with van der Waals surface area (Å²) in [5, 5.41) is 0. The van der Waals surface area contributed by atoms with Crippen LogP contribution in [0.5, 0.6) is 0 Å². The standard InChI is InChI=1S/C9H10N/c1-2-8-5-3-4-6-9(8)7-10/h1-6H,7,10H2. The van der Waals surface area contributed by atoms with Crippen molar-refractivity contribution in [3.63, 3.8) is 0 Å². The summed E-state index contributed by atoms with van der Waals surface area (Å²) in [5.41, 5.74) is 7.56. The van der Waals surface area contributed by atoms with E-state index >= 15 is 0 Å². The highest BCUT2D eigenvalue weighted by atomic mass is 14.5. The first-order chi connectivity index (χ1) is 4.88. The van der Waals surface area contributed by atoms with Gasteiger partial charge in [-0.1, -0.05) is 36.9 Å². The Hall–Kier alpha value is -1.08. The molecule has 2 N–H and O–H groups in total. The molecule has 1 nitrogen and oxygen atoms in total. The predicted molar refractivity (Wildman–Crippen MR) is 43.1 cm³/mol. The Morgan fingerprint density at radius 2 is 2.10 bits per heavy atom. The Morgan fingerprint density at radius 3 is 2.60 bits per heavy atom. The second-order valence-electron chi connectivity index (χ2n) is 2.07. The van der Waals surface area contributed by atoms with E-state index in [0.717, 1.165) is 11.1 Å². The third-order valence-electron chi connectivity index (χ3n) is 1.45. The van der Waals surface area contributed by atoms with Gasteiger partial charge in [0.05, 0.1) is 0 Å². The Morgan fingerprint density at radius 1 is 1.40 bits per heavy atom. The minimum absolute atomic E-state index is 0.546. The molecule has 1 aromatic rings. The van der Waals surface area contributed by atoms with E-state index in [2.05, 4.69) is 0 Å². The summed E-state index contributed by atoms with van der Waals surface area (Å²) in [6.07, 6.45) is 1.57. The van der Waals surface area contributed by atoms with Crippen LogP contribution in [-0.2, 0) is 6.54 Å². The fourth-order valence-corrected chi connectivity index (χ4v) is 0.883. The average molecular weight is 132 g/mol. The van der Waals surface area contributed by atoms with Crippen LogP contribution in [0.4, 0.5) is 0 Å². The highest BCUT2D eigenvalue weighted by molar-refractivity contribution is 5.50. The Bertz CT molecular complexity index is 228. The van der Waals surface area contributed by atoms with Gasteiger partial charge in [0.25, 0.3) is 0 Å². The topological polar surface area (TPSA) is 26.0 Å². The smallest absolute Gasteiger partial charge is 0.0184 e. The Labute approximate surface area is 61.2 Å². The van der Waals surface area contributed by atoms with Gasteiger partial charge in [-0.05, 0) is 11.1 Å². The van der Waals surface area contributed by atoms with Crippen LogP contribution in [0.15, 0.2) is 24.3 Å². The molecule has 1 rings (SSSR count). The molecule has 0 saturated heterocycles. The van der Waals surface area contributed by atoms with E-state index in [9.17, 15) is 0 Å². The molecule has 0 unspecified atom stereocenters.